The summed E-state index contributed by atoms with van der Waals surface area (Å²) in [6.45, 7) is -0.455. The molecule has 1 aliphatic heterocycles. The Morgan fingerprint density at radius 3 is 2.29 bits per heavy atom. The number of aromatic hydroxyl groups is 1. The van der Waals surface area contributed by atoms with Gasteiger partial charge in [0.05, 0.1) is 5.56 Å². The molecule has 2 aromatic rings. The Kier molecular flexibility index (Phi) is 7.37. The first kappa shape index (κ1) is 22.4. The highest BCUT2D eigenvalue weighted by atomic mass is 16.7. The monoisotopic (exact) mass is 430 g/mol. The number of aliphatic hydroxyl groups excluding tert-OH is 3. The van der Waals surface area contributed by atoms with Gasteiger partial charge in [-0.1, -0.05) is 30.3 Å². The number of hydrogen-bond donors (Lipinski definition) is 4. The molecular weight excluding hydrogens is 408 g/mol. The number of aliphatic hydroxyl groups is 3. The van der Waals surface area contributed by atoms with Gasteiger partial charge >= 0.3 is 11.9 Å². The van der Waals surface area contributed by atoms with Crippen LogP contribution in [0.25, 0.3) is 6.08 Å². The lowest BCUT2D eigenvalue weighted by molar-refractivity contribution is -0.285. The summed E-state index contributed by atoms with van der Waals surface area (Å²) in [5, 5.41) is 39.5. The molecule has 5 unspecified atom stereocenters. The molecule has 1 aliphatic rings. The minimum atomic E-state index is -1.69. The van der Waals surface area contributed by atoms with E-state index in [0.29, 0.717) is 5.56 Å². The third-order valence-corrected chi connectivity index (χ3v) is 4.60. The predicted molar refractivity (Wildman–Crippen MR) is 107 cm³/mol. The van der Waals surface area contributed by atoms with Crippen LogP contribution in [-0.2, 0) is 19.0 Å². The Hall–Kier alpha value is -3.24. The molecule has 1 heterocycles. The first-order valence-electron chi connectivity index (χ1n) is 9.44. The molecule has 4 N–H and O–H groups in total. The van der Waals surface area contributed by atoms with Crippen LogP contribution in [0.15, 0.2) is 60.7 Å². The largest absolute Gasteiger partial charge is 0.508 e. The topological polar surface area (TPSA) is 143 Å². The van der Waals surface area contributed by atoms with E-state index in [9.17, 15) is 30.0 Å². The van der Waals surface area contributed by atoms with Gasteiger partial charge in [0.2, 0.25) is 6.29 Å². The fourth-order valence-corrected chi connectivity index (χ4v) is 2.86. The summed E-state index contributed by atoms with van der Waals surface area (Å²) < 4.78 is 15.5. The van der Waals surface area contributed by atoms with Gasteiger partial charge in [-0.2, -0.15) is 0 Å². The lowest BCUT2D eigenvalue weighted by Gasteiger charge is -2.39. The van der Waals surface area contributed by atoms with Crippen molar-refractivity contribution in [3.63, 3.8) is 0 Å². The van der Waals surface area contributed by atoms with E-state index in [0.717, 1.165) is 6.08 Å². The van der Waals surface area contributed by atoms with Crippen molar-refractivity contribution >= 4 is 18.0 Å². The first-order chi connectivity index (χ1) is 14.8. The fraction of sp³-hybridized carbons (Fsp3) is 0.273. The van der Waals surface area contributed by atoms with Gasteiger partial charge in [0.25, 0.3) is 0 Å². The molecule has 0 radical (unpaired) electrons. The highest BCUT2D eigenvalue weighted by Gasteiger charge is 2.46. The van der Waals surface area contributed by atoms with Gasteiger partial charge in [0.15, 0.2) is 0 Å². The predicted octanol–water partition coefficient (Wildman–Crippen LogP) is 0.613. The maximum atomic E-state index is 12.2. The summed E-state index contributed by atoms with van der Waals surface area (Å²) in [6, 6.07) is 14.1. The Morgan fingerprint density at radius 2 is 1.61 bits per heavy atom. The molecule has 0 aliphatic carbocycles. The molecule has 0 bridgehead atoms. The quantitative estimate of drug-likeness (QED) is 0.383. The highest BCUT2D eigenvalue weighted by molar-refractivity contribution is 5.89. The maximum Gasteiger partial charge on any atom is 0.340 e. The number of benzene rings is 2. The van der Waals surface area contributed by atoms with Crippen LogP contribution < -0.4 is 0 Å². The van der Waals surface area contributed by atoms with Crippen LogP contribution in [0.2, 0.25) is 0 Å². The van der Waals surface area contributed by atoms with Crippen molar-refractivity contribution in [3.8, 4) is 5.75 Å². The van der Waals surface area contributed by atoms with Crippen molar-refractivity contribution < 1.29 is 44.2 Å². The Morgan fingerprint density at radius 1 is 0.935 bits per heavy atom. The summed E-state index contributed by atoms with van der Waals surface area (Å²) in [4.78, 5) is 24.1. The molecule has 1 fully saturated rings. The normalized spacial score (nSPS) is 25.8. The van der Waals surface area contributed by atoms with Crippen molar-refractivity contribution in [2.75, 3.05) is 6.61 Å². The summed E-state index contributed by atoms with van der Waals surface area (Å²) in [5.74, 6) is -1.45. The molecule has 0 aromatic heterocycles. The Bertz CT molecular complexity index is 910. The van der Waals surface area contributed by atoms with Crippen LogP contribution in [0, 0.1) is 0 Å². The van der Waals surface area contributed by atoms with Crippen LogP contribution in [0.4, 0.5) is 0 Å². The maximum absolute atomic E-state index is 12.2. The summed E-state index contributed by atoms with van der Waals surface area (Å²) in [7, 11) is 0. The van der Waals surface area contributed by atoms with E-state index in [-0.39, 0.29) is 11.3 Å². The fourth-order valence-electron chi connectivity index (χ4n) is 2.86. The number of carbonyl (C=O) groups is 2. The van der Waals surface area contributed by atoms with Crippen molar-refractivity contribution in [2.24, 2.45) is 0 Å². The van der Waals surface area contributed by atoms with Gasteiger partial charge in [0.1, 0.15) is 36.8 Å². The van der Waals surface area contributed by atoms with Crippen LogP contribution in [0.1, 0.15) is 15.9 Å². The standard InChI is InChI=1S/C22H22O9/c23-15-9-6-13(7-10-15)8-11-17(24)29-12-16-18(25)19(26)20(27)22(30-16)31-21(28)14-4-2-1-3-5-14/h1-11,16,18-20,22-23,25-27H,12H2. The van der Waals surface area contributed by atoms with Crippen LogP contribution in [0.5, 0.6) is 5.75 Å². The van der Waals surface area contributed by atoms with Gasteiger partial charge in [-0.05, 0) is 35.9 Å². The zero-order chi connectivity index (χ0) is 22.4. The van der Waals surface area contributed by atoms with Crippen molar-refractivity contribution in [3.05, 3.63) is 71.8 Å². The van der Waals surface area contributed by atoms with E-state index in [2.05, 4.69) is 0 Å². The average molecular weight is 430 g/mol. The molecule has 1 saturated heterocycles. The summed E-state index contributed by atoms with van der Waals surface area (Å²) in [5.41, 5.74) is 0.858. The average Bonchev–Trinajstić information content (AvgIpc) is 2.78. The number of rotatable bonds is 6. The lowest BCUT2D eigenvalue weighted by Crippen LogP contribution is -2.59. The number of ether oxygens (including phenoxy) is 3. The molecule has 0 amide bonds. The second kappa shape index (κ2) is 10.2. The zero-order valence-corrected chi connectivity index (χ0v) is 16.3. The van der Waals surface area contributed by atoms with Crippen molar-refractivity contribution in [1.82, 2.24) is 0 Å². The summed E-state index contributed by atoms with van der Waals surface area (Å²) in [6.07, 6.45) is -5.15. The smallest absolute Gasteiger partial charge is 0.340 e. The summed E-state index contributed by atoms with van der Waals surface area (Å²) >= 11 is 0. The van der Waals surface area contributed by atoms with E-state index in [1.165, 1.54) is 30.3 Å². The van der Waals surface area contributed by atoms with E-state index in [1.807, 2.05) is 0 Å². The van der Waals surface area contributed by atoms with Gasteiger partial charge in [0, 0.05) is 6.08 Å². The third-order valence-electron chi connectivity index (χ3n) is 4.60. The minimum absolute atomic E-state index is 0.0893. The second-order valence-corrected chi connectivity index (χ2v) is 6.84. The molecule has 9 nitrogen and oxygen atoms in total. The molecule has 0 spiro atoms. The molecule has 164 valence electrons. The number of carbonyl (C=O) groups excluding carboxylic acids is 2. The number of phenolic OH excluding ortho intramolecular Hbond substituents is 1. The van der Waals surface area contributed by atoms with E-state index in [4.69, 9.17) is 14.2 Å². The second-order valence-electron chi connectivity index (χ2n) is 6.84. The van der Waals surface area contributed by atoms with E-state index in [1.54, 1.807) is 30.3 Å². The number of phenols is 1. The van der Waals surface area contributed by atoms with E-state index < -0.39 is 49.3 Å². The molecule has 0 saturated carbocycles. The SMILES string of the molecule is O=C(C=Cc1ccc(O)cc1)OCC1OC(OC(=O)c2ccccc2)C(O)C(O)C1O. The van der Waals surface area contributed by atoms with Gasteiger partial charge in [-0.25, -0.2) is 9.59 Å². The number of esters is 2. The van der Waals surface area contributed by atoms with Gasteiger partial charge in [-0.3, -0.25) is 0 Å². The van der Waals surface area contributed by atoms with Crippen LogP contribution >= 0.6 is 0 Å². The van der Waals surface area contributed by atoms with E-state index >= 15 is 0 Å². The lowest BCUT2D eigenvalue weighted by atomic mass is 9.99. The highest BCUT2D eigenvalue weighted by Crippen LogP contribution is 2.23. The molecule has 9 heteroatoms. The van der Waals surface area contributed by atoms with Gasteiger partial charge in [-0.15, -0.1) is 0 Å². The minimum Gasteiger partial charge on any atom is -0.508 e. The first-order valence-corrected chi connectivity index (χ1v) is 9.44. The number of hydrogen-bond acceptors (Lipinski definition) is 9. The van der Waals surface area contributed by atoms with Crippen LogP contribution in [-0.4, -0.2) is 69.7 Å². The zero-order valence-electron chi connectivity index (χ0n) is 16.3. The Balaban J connectivity index is 1.57. The molecule has 2 aromatic carbocycles. The molecule has 31 heavy (non-hydrogen) atoms. The Labute approximate surface area is 177 Å². The van der Waals surface area contributed by atoms with Crippen molar-refractivity contribution in [1.29, 1.82) is 0 Å². The van der Waals surface area contributed by atoms with Crippen LogP contribution in [0.3, 0.4) is 0 Å². The third kappa shape index (κ3) is 5.89. The molecular formula is C22H22O9. The van der Waals surface area contributed by atoms with Crippen molar-refractivity contribution in [2.45, 2.75) is 30.7 Å². The molecule has 3 rings (SSSR count). The molecule has 5 atom stereocenters. The van der Waals surface area contributed by atoms with Gasteiger partial charge < -0.3 is 34.6 Å².